The van der Waals surface area contributed by atoms with Gasteiger partial charge in [-0.1, -0.05) is 13.8 Å². The summed E-state index contributed by atoms with van der Waals surface area (Å²) < 4.78 is 14.4. The summed E-state index contributed by atoms with van der Waals surface area (Å²) in [6, 6.07) is 0. The number of fused-ring (bicyclic) bond motifs is 1. The molecule has 0 amide bonds. The SMILES string of the molecule is CC1(C)Cc2c(B3OC(C)(C)C(C)(C)O3)cnn2C1. The molecule has 0 bridgehead atoms. The molecule has 4 nitrogen and oxygen atoms in total. The Balaban J connectivity index is 1.91. The standard InChI is InChI=1S/C14H23BN2O2/c1-12(2)7-11-10(8-16-17(11)9-12)15-18-13(3,4)14(5,6)19-15/h8H,7,9H2,1-6H3. The van der Waals surface area contributed by atoms with E-state index in [9.17, 15) is 0 Å². The fourth-order valence-electron chi connectivity index (χ4n) is 2.84. The first-order chi connectivity index (χ1) is 8.61. The van der Waals surface area contributed by atoms with Crippen LogP contribution >= 0.6 is 0 Å². The third-order valence-corrected chi connectivity index (χ3v) is 4.71. The Labute approximate surface area is 115 Å². The summed E-state index contributed by atoms with van der Waals surface area (Å²) in [4.78, 5) is 0. The van der Waals surface area contributed by atoms with E-state index in [4.69, 9.17) is 9.31 Å². The predicted molar refractivity (Wildman–Crippen MR) is 75.4 cm³/mol. The largest absolute Gasteiger partial charge is 0.498 e. The fraction of sp³-hybridized carbons (Fsp3) is 0.786. The van der Waals surface area contributed by atoms with Crippen molar-refractivity contribution in [3.05, 3.63) is 11.9 Å². The summed E-state index contributed by atoms with van der Waals surface area (Å²) in [7, 11) is -0.289. The third-order valence-electron chi connectivity index (χ3n) is 4.71. The molecule has 104 valence electrons. The minimum Gasteiger partial charge on any atom is -0.399 e. The second kappa shape index (κ2) is 3.64. The van der Waals surface area contributed by atoms with Crippen molar-refractivity contribution in [2.75, 3.05) is 0 Å². The second-order valence-corrected chi connectivity index (χ2v) is 7.63. The van der Waals surface area contributed by atoms with Gasteiger partial charge in [0.25, 0.3) is 0 Å². The highest BCUT2D eigenvalue weighted by atomic mass is 16.7. The molecule has 0 spiro atoms. The summed E-state index contributed by atoms with van der Waals surface area (Å²) in [5, 5.41) is 4.49. The fourth-order valence-corrected chi connectivity index (χ4v) is 2.84. The summed E-state index contributed by atoms with van der Waals surface area (Å²) >= 11 is 0. The predicted octanol–water partition coefficient (Wildman–Crippen LogP) is 1.76. The molecule has 0 N–H and O–H groups in total. The number of rotatable bonds is 1. The summed E-state index contributed by atoms with van der Waals surface area (Å²) in [6.45, 7) is 13.9. The van der Waals surface area contributed by atoms with Crippen molar-refractivity contribution < 1.29 is 9.31 Å². The Hall–Kier alpha value is -0.805. The van der Waals surface area contributed by atoms with E-state index in [1.54, 1.807) is 0 Å². The van der Waals surface area contributed by atoms with E-state index in [1.165, 1.54) is 5.69 Å². The second-order valence-electron chi connectivity index (χ2n) is 7.63. The molecule has 19 heavy (non-hydrogen) atoms. The molecule has 0 saturated carbocycles. The number of aromatic nitrogens is 2. The monoisotopic (exact) mass is 262 g/mol. The van der Waals surface area contributed by atoms with Crippen molar-refractivity contribution in [2.24, 2.45) is 5.41 Å². The Morgan fingerprint density at radius 3 is 2.26 bits per heavy atom. The van der Waals surface area contributed by atoms with Gasteiger partial charge in [-0.15, -0.1) is 0 Å². The third kappa shape index (κ3) is 1.94. The molecule has 2 aliphatic rings. The van der Waals surface area contributed by atoms with Crippen LogP contribution in [0.5, 0.6) is 0 Å². The van der Waals surface area contributed by atoms with Gasteiger partial charge in [0.15, 0.2) is 0 Å². The average molecular weight is 262 g/mol. The smallest absolute Gasteiger partial charge is 0.399 e. The van der Waals surface area contributed by atoms with Gasteiger partial charge in [-0.25, -0.2) is 0 Å². The van der Waals surface area contributed by atoms with Gasteiger partial charge in [0.1, 0.15) is 0 Å². The van der Waals surface area contributed by atoms with Gasteiger partial charge in [0.2, 0.25) is 0 Å². The van der Waals surface area contributed by atoms with E-state index in [1.807, 2.05) is 6.20 Å². The normalized spacial score (nSPS) is 26.7. The molecule has 3 rings (SSSR count). The molecular weight excluding hydrogens is 239 g/mol. The van der Waals surface area contributed by atoms with Crippen LogP contribution < -0.4 is 5.46 Å². The maximum atomic E-state index is 6.13. The van der Waals surface area contributed by atoms with E-state index in [2.05, 4.69) is 51.3 Å². The molecule has 1 saturated heterocycles. The summed E-state index contributed by atoms with van der Waals surface area (Å²) in [6.07, 6.45) is 2.94. The van der Waals surface area contributed by atoms with Crippen LogP contribution in [-0.4, -0.2) is 28.1 Å². The lowest BCUT2D eigenvalue weighted by atomic mass is 9.77. The first-order valence-corrected chi connectivity index (χ1v) is 7.02. The number of hydrogen-bond donors (Lipinski definition) is 0. The van der Waals surface area contributed by atoms with Crippen molar-refractivity contribution >= 4 is 12.6 Å². The zero-order valence-corrected chi connectivity index (χ0v) is 12.8. The van der Waals surface area contributed by atoms with Crippen molar-refractivity contribution in [1.29, 1.82) is 0 Å². The summed E-state index contributed by atoms with van der Waals surface area (Å²) in [5.74, 6) is 0. The van der Waals surface area contributed by atoms with Crippen molar-refractivity contribution in [3.8, 4) is 0 Å². The minimum absolute atomic E-state index is 0.280. The zero-order valence-electron chi connectivity index (χ0n) is 12.8. The minimum atomic E-state index is -0.291. The van der Waals surface area contributed by atoms with Gasteiger partial charge in [0, 0.05) is 23.9 Å². The van der Waals surface area contributed by atoms with Crippen LogP contribution in [0.2, 0.25) is 0 Å². The lowest BCUT2D eigenvalue weighted by Gasteiger charge is -2.32. The Morgan fingerprint density at radius 1 is 1.11 bits per heavy atom. The van der Waals surface area contributed by atoms with Gasteiger partial charge < -0.3 is 9.31 Å². The molecule has 0 aliphatic carbocycles. The highest BCUT2D eigenvalue weighted by molar-refractivity contribution is 6.62. The topological polar surface area (TPSA) is 36.3 Å². The Bertz CT molecular complexity index is 504. The van der Waals surface area contributed by atoms with Gasteiger partial charge >= 0.3 is 7.12 Å². The molecule has 3 heterocycles. The molecule has 5 heteroatoms. The van der Waals surface area contributed by atoms with Crippen molar-refractivity contribution in [3.63, 3.8) is 0 Å². The Kier molecular flexibility index (Phi) is 2.53. The van der Waals surface area contributed by atoms with E-state index in [0.29, 0.717) is 0 Å². The van der Waals surface area contributed by atoms with Gasteiger partial charge in [-0.3, -0.25) is 4.68 Å². The molecular formula is C14H23BN2O2. The van der Waals surface area contributed by atoms with Crippen LogP contribution in [-0.2, 0) is 22.3 Å². The highest BCUT2D eigenvalue weighted by Crippen LogP contribution is 2.38. The maximum Gasteiger partial charge on any atom is 0.498 e. The van der Waals surface area contributed by atoms with Crippen LogP contribution in [0, 0.1) is 5.41 Å². The molecule has 0 radical (unpaired) electrons. The lowest BCUT2D eigenvalue weighted by Crippen LogP contribution is -2.41. The van der Waals surface area contributed by atoms with Crippen molar-refractivity contribution in [2.45, 2.75) is 65.7 Å². The zero-order chi connectivity index (χ0) is 14.1. The first kappa shape index (κ1) is 13.2. The van der Waals surface area contributed by atoms with Crippen molar-refractivity contribution in [1.82, 2.24) is 9.78 Å². The molecule has 2 aliphatic heterocycles. The van der Waals surface area contributed by atoms with Gasteiger partial charge in [-0.05, 0) is 39.5 Å². The van der Waals surface area contributed by atoms with Crippen LogP contribution in [0.15, 0.2) is 6.20 Å². The molecule has 0 atom stereocenters. The van der Waals surface area contributed by atoms with Crippen LogP contribution in [0.1, 0.15) is 47.2 Å². The lowest BCUT2D eigenvalue weighted by molar-refractivity contribution is 0.00578. The van der Waals surface area contributed by atoms with E-state index in [-0.39, 0.29) is 23.7 Å². The molecule has 0 unspecified atom stereocenters. The van der Waals surface area contributed by atoms with Gasteiger partial charge in [0.05, 0.1) is 11.2 Å². The molecule has 1 fully saturated rings. The molecule has 1 aromatic heterocycles. The number of nitrogens with zero attached hydrogens (tertiary/aromatic N) is 2. The summed E-state index contributed by atoms with van der Waals surface area (Å²) in [5.41, 5.74) is 2.07. The van der Waals surface area contributed by atoms with E-state index >= 15 is 0 Å². The quantitative estimate of drug-likeness (QED) is 0.724. The van der Waals surface area contributed by atoms with E-state index in [0.717, 1.165) is 18.4 Å². The van der Waals surface area contributed by atoms with Crippen LogP contribution in [0.4, 0.5) is 0 Å². The average Bonchev–Trinajstić information content (AvgIpc) is 2.75. The maximum absolute atomic E-state index is 6.13. The molecule has 1 aromatic rings. The number of hydrogen-bond acceptors (Lipinski definition) is 3. The first-order valence-electron chi connectivity index (χ1n) is 7.02. The molecule has 0 aromatic carbocycles. The van der Waals surface area contributed by atoms with Gasteiger partial charge in [-0.2, -0.15) is 5.10 Å². The highest BCUT2D eigenvalue weighted by Gasteiger charge is 2.53. The van der Waals surface area contributed by atoms with Crippen LogP contribution in [0.25, 0.3) is 0 Å². The van der Waals surface area contributed by atoms with Crippen LogP contribution in [0.3, 0.4) is 0 Å². The van der Waals surface area contributed by atoms with E-state index < -0.39 is 0 Å². The Morgan fingerprint density at radius 2 is 1.68 bits per heavy atom.